The van der Waals surface area contributed by atoms with Gasteiger partial charge in [0.25, 0.3) is 11.2 Å². The van der Waals surface area contributed by atoms with Gasteiger partial charge in [0.05, 0.1) is 18.0 Å². The molecule has 0 saturated heterocycles. The topological polar surface area (TPSA) is 183 Å². The molecule has 0 unspecified atom stereocenters. The number of aromatic amines is 1. The van der Waals surface area contributed by atoms with Crippen LogP contribution in [-0.2, 0) is 32.5 Å². The first kappa shape index (κ1) is 27.8. The normalized spacial score (nSPS) is 11.6. The first-order valence-corrected chi connectivity index (χ1v) is 12.9. The van der Waals surface area contributed by atoms with Crippen molar-refractivity contribution >= 4 is 16.9 Å². The zero-order valence-corrected chi connectivity index (χ0v) is 22.0. The van der Waals surface area contributed by atoms with Gasteiger partial charge in [-0.15, -0.1) is 5.10 Å². The van der Waals surface area contributed by atoms with E-state index in [0.717, 1.165) is 5.56 Å². The summed E-state index contributed by atoms with van der Waals surface area (Å²) >= 11 is 0. The molecule has 0 fully saturated rings. The lowest BCUT2D eigenvalue weighted by Crippen LogP contribution is -2.41. The highest BCUT2D eigenvalue weighted by Crippen LogP contribution is 2.17. The molecule has 3 aromatic heterocycles. The molecule has 1 aromatic carbocycles. The van der Waals surface area contributed by atoms with E-state index in [-0.39, 0.29) is 37.5 Å². The Hall–Kier alpha value is -4.24. The number of H-pyrrole nitrogens is 1. The number of non-ortho nitro benzene ring substituents is 1. The third kappa shape index (κ3) is 6.09. The van der Waals surface area contributed by atoms with Gasteiger partial charge in [0.15, 0.2) is 17.0 Å². The van der Waals surface area contributed by atoms with Crippen molar-refractivity contribution in [2.24, 2.45) is 0 Å². The number of aromatic nitrogens is 8. The van der Waals surface area contributed by atoms with Gasteiger partial charge in [-0.3, -0.25) is 28.9 Å². The Balaban J connectivity index is 1.81. The predicted molar refractivity (Wildman–Crippen MR) is 142 cm³/mol. The third-order valence-electron chi connectivity index (χ3n) is 6.63. The molecule has 0 spiro atoms. The first-order chi connectivity index (χ1) is 18.9. The number of fused-ring (bicyclic) bond motifs is 1. The summed E-state index contributed by atoms with van der Waals surface area (Å²) in [7, 11) is 0. The molecule has 0 saturated carbocycles. The molecule has 208 valence electrons. The van der Waals surface area contributed by atoms with Gasteiger partial charge in [-0.05, 0) is 35.4 Å². The molecule has 15 heteroatoms. The molecule has 4 aromatic rings. The summed E-state index contributed by atoms with van der Waals surface area (Å²) in [4.78, 5) is 44.5. The smallest absolute Gasteiger partial charge is 0.332 e. The highest BCUT2D eigenvalue weighted by atomic mass is 16.6. The number of hydrogen-bond donors (Lipinski definition) is 2. The molecule has 0 atom stereocenters. The molecular weight excluding hydrogens is 508 g/mol. The van der Waals surface area contributed by atoms with Gasteiger partial charge in [-0.25, -0.2) is 14.9 Å². The summed E-state index contributed by atoms with van der Waals surface area (Å²) < 4.78 is 4.55. The standard InChI is InChI=1S/C24H32N10O5/c1-3-10-33-23(36)21-22(32(24(33)37)11-9-17-5-7-18(8-6-17)34(38)39)25-20(16-19-26-28-29-27-19)31(21)13-12-30(4-2)14-15-35/h5-8,35H,3-4,9-16H2,1-2H3,(H,26,27,28,29). The molecule has 0 aliphatic heterocycles. The SMILES string of the molecule is CCCn1c(=O)c2c(nc(Cc3nnn[nH]3)n2CCN(CC)CCO)n(CCc2ccc([N+](=O)[O-])cc2)c1=O. The molecule has 2 N–H and O–H groups in total. The lowest BCUT2D eigenvalue weighted by Gasteiger charge is -2.20. The number of hydrogen-bond acceptors (Lipinski definition) is 10. The summed E-state index contributed by atoms with van der Waals surface area (Å²) in [5.74, 6) is 0.987. The van der Waals surface area contributed by atoms with Crippen LogP contribution in [0.1, 0.15) is 37.5 Å². The molecule has 4 rings (SSSR count). The van der Waals surface area contributed by atoms with E-state index in [2.05, 4.69) is 25.5 Å². The van der Waals surface area contributed by atoms with E-state index in [1.807, 2.05) is 18.4 Å². The number of nitro benzene ring substituents is 1. The van der Waals surface area contributed by atoms with E-state index in [0.29, 0.717) is 56.2 Å². The molecule has 0 radical (unpaired) electrons. The van der Waals surface area contributed by atoms with Crippen molar-refractivity contribution in [3.63, 3.8) is 0 Å². The zero-order valence-electron chi connectivity index (χ0n) is 22.0. The van der Waals surface area contributed by atoms with E-state index in [1.165, 1.54) is 21.3 Å². The third-order valence-corrected chi connectivity index (χ3v) is 6.63. The number of likely N-dealkylation sites (N-methyl/N-ethyl adjacent to an activating group) is 1. The molecule has 0 aliphatic carbocycles. The number of nitro groups is 1. The van der Waals surface area contributed by atoms with Crippen LogP contribution >= 0.6 is 0 Å². The van der Waals surface area contributed by atoms with Gasteiger partial charge >= 0.3 is 5.69 Å². The Labute approximate surface area is 222 Å². The number of imidazole rings is 1. The van der Waals surface area contributed by atoms with Crippen LogP contribution in [0.2, 0.25) is 0 Å². The Morgan fingerprint density at radius 1 is 1.05 bits per heavy atom. The quantitative estimate of drug-likeness (QED) is 0.167. The predicted octanol–water partition coefficient (Wildman–Crippen LogP) is 0.339. The van der Waals surface area contributed by atoms with Gasteiger partial charge in [0.1, 0.15) is 5.82 Å². The van der Waals surface area contributed by atoms with Crippen molar-refractivity contribution in [2.45, 2.75) is 52.7 Å². The summed E-state index contributed by atoms with van der Waals surface area (Å²) in [5, 5.41) is 34.3. The van der Waals surface area contributed by atoms with E-state index in [9.17, 15) is 24.8 Å². The van der Waals surface area contributed by atoms with Crippen LogP contribution in [0.25, 0.3) is 11.2 Å². The molecule has 39 heavy (non-hydrogen) atoms. The average Bonchev–Trinajstić information content (AvgIpc) is 3.57. The van der Waals surface area contributed by atoms with Gasteiger partial charge in [0.2, 0.25) is 0 Å². The minimum Gasteiger partial charge on any atom is -0.395 e. The summed E-state index contributed by atoms with van der Waals surface area (Å²) in [6.07, 6.45) is 1.22. The fourth-order valence-electron chi connectivity index (χ4n) is 4.57. The van der Waals surface area contributed by atoms with Crippen molar-refractivity contribution in [1.29, 1.82) is 0 Å². The maximum Gasteiger partial charge on any atom is 0.332 e. The van der Waals surface area contributed by atoms with Crippen molar-refractivity contribution in [3.8, 4) is 0 Å². The van der Waals surface area contributed by atoms with Crippen molar-refractivity contribution < 1.29 is 10.0 Å². The van der Waals surface area contributed by atoms with E-state index in [1.54, 1.807) is 12.1 Å². The zero-order chi connectivity index (χ0) is 27.9. The number of nitrogens with zero attached hydrogens (tertiary/aromatic N) is 9. The molecule has 3 heterocycles. The lowest BCUT2D eigenvalue weighted by atomic mass is 10.1. The van der Waals surface area contributed by atoms with Crippen molar-refractivity contribution in [3.05, 3.63) is 72.4 Å². The molecular formula is C24H32N10O5. The summed E-state index contributed by atoms with van der Waals surface area (Å²) in [6.45, 7) is 6.55. The largest absolute Gasteiger partial charge is 0.395 e. The highest BCUT2D eigenvalue weighted by Gasteiger charge is 2.22. The second-order valence-electron chi connectivity index (χ2n) is 9.10. The number of nitrogens with one attached hydrogen (secondary N) is 1. The van der Waals surface area contributed by atoms with Gasteiger partial charge in [0, 0.05) is 44.9 Å². The highest BCUT2D eigenvalue weighted by molar-refractivity contribution is 5.71. The van der Waals surface area contributed by atoms with E-state index in [4.69, 9.17) is 4.98 Å². The maximum atomic E-state index is 13.7. The number of aliphatic hydroxyl groups excluding tert-OH is 1. The van der Waals surface area contributed by atoms with E-state index < -0.39 is 16.2 Å². The Bertz CT molecular complexity index is 1520. The summed E-state index contributed by atoms with van der Waals surface area (Å²) in [5.41, 5.74) is 0.514. The van der Waals surface area contributed by atoms with Crippen LogP contribution in [0, 0.1) is 10.1 Å². The van der Waals surface area contributed by atoms with Crippen molar-refractivity contribution in [2.75, 3.05) is 26.2 Å². The summed E-state index contributed by atoms with van der Waals surface area (Å²) in [6, 6.07) is 6.17. The van der Waals surface area contributed by atoms with Crippen LogP contribution in [0.15, 0.2) is 33.9 Å². The number of aryl methyl sites for hydroxylation is 2. The first-order valence-electron chi connectivity index (χ1n) is 12.9. The monoisotopic (exact) mass is 540 g/mol. The van der Waals surface area contributed by atoms with Crippen LogP contribution in [-0.4, -0.2) is 80.5 Å². The van der Waals surface area contributed by atoms with Gasteiger partial charge < -0.3 is 9.67 Å². The maximum absolute atomic E-state index is 13.7. The molecule has 0 amide bonds. The molecule has 0 aliphatic rings. The van der Waals surface area contributed by atoms with Gasteiger partial charge in [-0.1, -0.05) is 26.0 Å². The lowest BCUT2D eigenvalue weighted by molar-refractivity contribution is -0.384. The molecule has 0 bridgehead atoms. The minimum absolute atomic E-state index is 0.0117. The second-order valence-corrected chi connectivity index (χ2v) is 9.10. The Morgan fingerprint density at radius 3 is 2.44 bits per heavy atom. The van der Waals surface area contributed by atoms with Crippen LogP contribution in [0.5, 0.6) is 0 Å². The second kappa shape index (κ2) is 12.5. The van der Waals surface area contributed by atoms with Crippen LogP contribution in [0.4, 0.5) is 5.69 Å². The number of rotatable bonds is 14. The Morgan fingerprint density at radius 2 is 1.82 bits per heavy atom. The average molecular weight is 541 g/mol. The van der Waals surface area contributed by atoms with Crippen LogP contribution in [0.3, 0.4) is 0 Å². The minimum atomic E-state index is -0.461. The van der Waals surface area contributed by atoms with Gasteiger partial charge in [-0.2, -0.15) is 0 Å². The number of aliphatic hydroxyl groups is 1. The fraction of sp³-hybridized carbons (Fsp3) is 0.500. The Kier molecular flexibility index (Phi) is 8.93. The van der Waals surface area contributed by atoms with E-state index >= 15 is 0 Å². The van der Waals surface area contributed by atoms with Crippen molar-refractivity contribution in [1.82, 2.24) is 44.2 Å². The molecule has 15 nitrogen and oxygen atoms in total. The number of benzene rings is 1. The van der Waals surface area contributed by atoms with Crippen LogP contribution < -0.4 is 11.2 Å². The number of tetrazole rings is 1. The fourth-order valence-corrected chi connectivity index (χ4v) is 4.57.